The highest BCUT2D eigenvalue weighted by Gasteiger charge is 2.29. The quantitative estimate of drug-likeness (QED) is 0.696. The van der Waals surface area contributed by atoms with E-state index in [0.717, 1.165) is 21.7 Å². The van der Waals surface area contributed by atoms with Gasteiger partial charge in [0.25, 0.3) is 0 Å². The van der Waals surface area contributed by atoms with E-state index in [1.807, 2.05) is 19.9 Å². The molecule has 0 unspecified atom stereocenters. The highest BCUT2D eigenvalue weighted by atomic mass is 35.5. The van der Waals surface area contributed by atoms with Crippen LogP contribution in [0, 0.1) is 13.8 Å². The Bertz CT molecular complexity index is 1030. The third-order valence-corrected chi connectivity index (χ3v) is 5.76. The van der Waals surface area contributed by atoms with Gasteiger partial charge in [0.1, 0.15) is 6.04 Å². The molecule has 1 amide bonds. The van der Waals surface area contributed by atoms with Gasteiger partial charge in [-0.25, -0.2) is 13.2 Å². The standard InChI is InChI=1S/C20H23ClN2O5S/c1-12-8-13(2)10-16(9-12)23(29(5,26)27)14(3)19(24)22-15-6-7-18(21)17(11-15)20(25)28-4/h6-11,14H,1-5H3,(H,22,24)/t14-/m1/s1. The van der Waals surface area contributed by atoms with E-state index in [2.05, 4.69) is 10.1 Å². The van der Waals surface area contributed by atoms with Gasteiger partial charge < -0.3 is 10.1 Å². The normalized spacial score (nSPS) is 12.2. The van der Waals surface area contributed by atoms with Crippen molar-refractivity contribution in [3.8, 4) is 0 Å². The number of halogens is 1. The fourth-order valence-electron chi connectivity index (χ4n) is 3.00. The number of hydrogen-bond acceptors (Lipinski definition) is 5. The van der Waals surface area contributed by atoms with Crippen molar-refractivity contribution in [2.45, 2.75) is 26.8 Å². The molecule has 0 aliphatic heterocycles. The number of amides is 1. The van der Waals surface area contributed by atoms with Crippen LogP contribution >= 0.6 is 11.6 Å². The zero-order valence-electron chi connectivity index (χ0n) is 16.8. The Morgan fingerprint density at radius 1 is 1.10 bits per heavy atom. The fourth-order valence-corrected chi connectivity index (χ4v) is 4.36. The van der Waals surface area contributed by atoms with Gasteiger partial charge in [-0.3, -0.25) is 9.10 Å². The highest BCUT2D eigenvalue weighted by Crippen LogP contribution is 2.25. The van der Waals surface area contributed by atoms with Gasteiger partial charge in [-0.05, 0) is 62.2 Å². The third kappa shape index (κ3) is 5.48. The summed E-state index contributed by atoms with van der Waals surface area (Å²) in [5, 5.41) is 2.81. The first-order valence-electron chi connectivity index (χ1n) is 8.70. The van der Waals surface area contributed by atoms with E-state index in [9.17, 15) is 18.0 Å². The van der Waals surface area contributed by atoms with E-state index in [0.29, 0.717) is 11.4 Å². The third-order valence-electron chi connectivity index (χ3n) is 4.19. The van der Waals surface area contributed by atoms with Gasteiger partial charge in [-0.2, -0.15) is 0 Å². The maximum Gasteiger partial charge on any atom is 0.339 e. The number of carbonyl (C=O) groups is 2. The van der Waals surface area contributed by atoms with Crippen molar-refractivity contribution in [2.75, 3.05) is 23.0 Å². The fraction of sp³-hybridized carbons (Fsp3) is 0.300. The largest absolute Gasteiger partial charge is 0.465 e. The lowest BCUT2D eigenvalue weighted by Crippen LogP contribution is -2.45. The molecule has 0 aliphatic rings. The number of carbonyl (C=O) groups excluding carboxylic acids is 2. The summed E-state index contributed by atoms with van der Waals surface area (Å²) in [6.07, 6.45) is 1.05. The van der Waals surface area contributed by atoms with Crippen molar-refractivity contribution in [3.05, 3.63) is 58.1 Å². The zero-order chi connectivity index (χ0) is 21.9. The molecule has 2 rings (SSSR count). The molecule has 7 nitrogen and oxygen atoms in total. The number of benzene rings is 2. The molecule has 2 aromatic carbocycles. The van der Waals surface area contributed by atoms with Crippen LogP contribution in [0.2, 0.25) is 5.02 Å². The van der Waals surface area contributed by atoms with Crippen molar-refractivity contribution >= 4 is 44.9 Å². The monoisotopic (exact) mass is 438 g/mol. The SMILES string of the molecule is COC(=O)c1cc(NC(=O)[C@@H](C)N(c2cc(C)cc(C)c2)S(C)(=O)=O)ccc1Cl. The van der Waals surface area contributed by atoms with Crippen LogP contribution in [0.25, 0.3) is 0 Å². The molecule has 0 saturated carbocycles. The van der Waals surface area contributed by atoms with Gasteiger partial charge in [0.05, 0.1) is 29.6 Å². The molecule has 0 aliphatic carbocycles. The molecule has 1 atom stereocenters. The number of ether oxygens (including phenoxy) is 1. The molecule has 0 saturated heterocycles. The Labute approximate surface area is 175 Å². The van der Waals surface area contributed by atoms with E-state index in [-0.39, 0.29) is 10.6 Å². The van der Waals surface area contributed by atoms with Crippen LogP contribution in [-0.4, -0.2) is 39.7 Å². The van der Waals surface area contributed by atoms with Crippen LogP contribution in [0.15, 0.2) is 36.4 Å². The number of nitrogens with one attached hydrogen (secondary N) is 1. The van der Waals surface area contributed by atoms with E-state index in [1.165, 1.54) is 32.2 Å². The topological polar surface area (TPSA) is 92.8 Å². The number of aryl methyl sites for hydroxylation is 2. The van der Waals surface area contributed by atoms with Crippen LogP contribution in [0.3, 0.4) is 0 Å². The molecule has 9 heteroatoms. The Balaban J connectivity index is 2.36. The summed E-state index contributed by atoms with van der Waals surface area (Å²) >= 11 is 5.99. The van der Waals surface area contributed by atoms with Crippen molar-refractivity contribution < 1.29 is 22.7 Å². The number of hydrogen-bond donors (Lipinski definition) is 1. The summed E-state index contributed by atoms with van der Waals surface area (Å²) < 4.78 is 30.6. The second kappa shape index (κ2) is 8.84. The van der Waals surface area contributed by atoms with E-state index >= 15 is 0 Å². The number of anilines is 2. The Hall–Kier alpha value is -2.58. The van der Waals surface area contributed by atoms with Crippen LogP contribution in [0.1, 0.15) is 28.4 Å². The molecular weight excluding hydrogens is 416 g/mol. The maximum absolute atomic E-state index is 12.8. The molecular formula is C20H23ClN2O5S. The van der Waals surface area contributed by atoms with Crippen molar-refractivity contribution in [1.82, 2.24) is 0 Å². The summed E-state index contributed by atoms with van der Waals surface area (Å²) in [7, 11) is -2.52. The first-order chi connectivity index (χ1) is 13.4. The van der Waals surface area contributed by atoms with Crippen LogP contribution < -0.4 is 9.62 Å². The minimum absolute atomic E-state index is 0.0916. The molecule has 29 heavy (non-hydrogen) atoms. The van der Waals surface area contributed by atoms with E-state index in [1.54, 1.807) is 12.1 Å². The Kier molecular flexibility index (Phi) is 6.92. The first-order valence-corrected chi connectivity index (χ1v) is 10.9. The minimum atomic E-state index is -3.74. The molecule has 0 radical (unpaired) electrons. The van der Waals surface area contributed by atoms with Crippen molar-refractivity contribution in [3.63, 3.8) is 0 Å². The van der Waals surface area contributed by atoms with E-state index < -0.39 is 27.9 Å². The number of sulfonamides is 1. The summed E-state index contributed by atoms with van der Waals surface area (Å²) in [6, 6.07) is 8.62. The van der Waals surface area contributed by atoms with E-state index in [4.69, 9.17) is 11.6 Å². The second-order valence-electron chi connectivity index (χ2n) is 6.76. The number of methoxy groups -OCH3 is 1. The minimum Gasteiger partial charge on any atom is -0.465 e. The van der Waals surface area contributed by atoms with Crippen molar-refractivity contribution in [1.29, 1.82) is 0 Å². The van der Waals surface area contributed by atoms with Crippen LogP contribution in [0.4, 0.5) is 11.4 Å². The van der Waals surface area contributed by atoms with Gasteiger partial charge in [-0.15, -0.1) is 0 Å². The summed E-state index contributed by atoms with van der Waals surface area (Å²) in [5.74, 6) is -1.21. The first kappa shape index (κ1) is 22.7. The zero-order valence-corrected chi connectivity index (χ0v) is 18.4. The molecule has 0 aromatic heterocycles. The molecule has 0 heterocycles. The van der Waals surface area contributed by atoms with Gasteiger partial charge >= 0.3 is 5.97 Å². The van der Waals surface area contributed by atoms with Gasteiger partial charge in [0.2, 0.25) is 15.9 Å². The highest BCUT2D eigenvalue weighted by molar-refractivity contribution is 7.92. The predicted molar refractivity (Wildman–Crippen MR) is 114 cm³/mol. The second-order valence-corrected chi connectivity index (χ2v) is 9.02. The van der Waals surface area contributed by atoms with Gasteiger partial charge in [0, 0.05) is 5.69 Å². The smallest absolute Gasteiger partial charge is 0.339 e. The summed E-state index contributed by atoms with van der Waals surface area (Å²) in [6.45, 7) is 5.19. The maximum atomic E-state index is 12.8. The lowest BCUT2D eigenvalue weighted by Gasteiger charge is -2.29. The number of nitrogens with zero attached hydrogens (tertiary/aromatic N) is 1. The molecule has 0 spiro atoms. The Morgan fingerprint density at radius 3 is 2.21 bits per heavy atom. The lowest BCUT2D eigenvalue weighted by molar-refractivity contribution is -0.116. The molecule has 1 N–H and O–H groups in total. The number of esters is 1. The van der Waals surface area contributed by atoms with Crippen LogP contribution in [0.5, 0.6) is 0 Å². The lowest BCUT2D eigenvalue weighted by atomic mass is 10.1. The van der Waals surface area contributed by atoms with Gasteiger partial charge in [-0.1, -0.05) is 17.7 Å². The van der Waals surface area contributed by atoms with Crippen molar-refractivity contribution in [2.24, 2.45) is 0 Å². The summed E-state index contributed by atoms with van der Waals surface area (Å²) in [5.41, 5.74) is 2.54. The average molecular weight is 439 g/mol. The van der Waals surface area contributed by atoms with Crippen LogP contribution in [-0.2, 0) is 19.6 Å². The molecule has 2 aromatic rings. The molecule has 156 valence electrons. The van der Waals surface area contributed by atoms with Gasteiger partial charge in [0.15, 0.2) is 0 Å². The Morgan fingerprint density at radius 2 is 1.69 bits per heavy atom. The molecule has 0 bridgehead atoms. The predicted octanol–water partition coefficient (Wildman–Crippen LogP) is 3.54. The summed E-state index contributed by atoms with van der Waals surface area (Å²) in [4.78, 5) is 24.6. The average Bonchev–Trinajstić information content (AvgIpc) is 2.60. The number of rotatable bonds is 6. The molecule has 0 fully saturated rings.